The molecule has 3 heteroatoms. The van der Waals surface area contributed by atoms with E-state index in [2.05, 4.69) is 10.2 Å². The second kappa shape index (κ2) is 4.49. The first-order valence-electron chi connectivity index (χ1n) is 5.53. The van der Waals surface area contributed by atoms with Gasteiger partial charge < -0.3 is 10.2 Å². The molecule has 0 aromatic rings. The fourth-order valence-corrected chi connectivity index (χ4v) is 2.21. The minimum absolute atomic E-state index is 0.280. The Balaban J connectivity index is 1.87. The lowest BCUT2D eigenvalue weighted by molar-refractivity contribution is -0.123. The Bertz CT molecular complexity index is 237. The van der Waals surface area contributed by atoms with Gasteiger partial charge in [-0.2, -0.15) is 0 Å². The first kappa shape index (κ1) is 9.56. The molecule has 0 aromatic carbocycles. The van der Waals surface area contributed by atoms with Crippen LogP contribution in [0.3, 0.4) is 0 Å². The van der Waals surface area contributed by atoms with Crippen LogP contribution in [0, 0.1) is 5.92 Å². The van der Waals surface area contributed by atoms with Crippen LogP contribution in [0.2, 0.25) is 0 Å². The molecular weight excluding hydrogens is 176 g/mol. The van der Waals surface area contributed by atoms with Gasteiger partial charge in [-0.05, 0) is 12.8 Å². The molecule has 0 spiro atoms. The number of Topliss-reactive ketones (excluding diaryl/α,β-unsaturated/α-hetero) is 1. The van der Waals surface area contributed by atoms with Crippen molar-refractivity contribution in [1.29, 1.82) is 0 Å². The van der Waals surface area contributed by atoms with E-state index in [1.165, 1.54) is 12.8 Å². The van der Waals surface area contributed by atoms with E-state index in [1.807, 2.05) is 12.4 Å². The van der Waals surface area contributed by atoms with Crippen molar-refractivity contribution in [2.24, 2.45) is 5.92 Å². The number of hydrogen-bond donors (Lipinski definition) is 1. The van der Waals surface area contributed by atoms with Crippen LogP contribution in [0.4, 0.5) is 0 Å². The van der Waals surface area contributed by atoms with E-state index in [9.17, 15) is 4.79 Å². The molecule has 1 aliphatic heterocycles. The number of nitrogens with one attached hydrogen (secondary N) is 1. The zero-order chi connectivity index (χ0) is 9.80. The minimum Gasteiger partial charge on any atom is -0.373 e. The second-order valence-electron chi connectivity index (χ2n) is 4.21. The Morgan fingerprint density at radius 2 is 2.36 bits per heavy atom. The topological polar surface area (TPSA) is 32.3 Å². The first-order valence-corrected chi connectivity index (χ1v) is 5.53. The fraction of sp³-hybridized carbons (Fsp3) is 0.727. The molecule has 2 rings (SSSR count). The molecule has 0 saturated heterocycles. The van der Waals surface area contributed by atoms with Gasteiger partial charge >= 0.3 is 0 Å². The standard InChI is InChI=1S/C11H18N2O/c14-11-5-3-1-2-4-10(11)8-13-7-6-12-9-13/h6-7,10,12H,1-5,8-9H2/t10-/m1/s1. The summed E-state index contributed by atoms with van der Waals surface area (Å²) < 4.78 is 0. The molecule has 0 radical (unpaired) electrons. The Labute approximate surface area is 85.2 Å². The number of rotatable bonds is 2. The summed E-state index contributed by atoms with van der Waals surface area (Å²) in [6.45, 7) is 1.77. The zero-order valence-electron chi connectivity index (χ0n) is 8.54. The number of nitrogens with zero attached hydrogens (tertiary/aromatic N) is 1. The van der Waals surface area contributed by atoms with Gasteiger partial charge in [0.2, 0.25) is 0 Å². The molecule has 1 atom stereocenters. The van der Waals surface area contributed by atoms with Crippen molar-refractivity contribution in [3.63, 3.8) is 0 Å². The maximum atomic E-state index is 11.7. The van der Waals surface area contributed by atoms with Crippen LogP contribution < -0.4 is 5.32 Å². The van der Waals surface area contributed by atoms with E-state index in [0.717, 1.165) is 32.5 Å². The lowest BCUT2D eigenvalue weighted by atomic mass is 9.99. The maximum absolute atomic E-state index is 11.7. The molecule has 3 nitrogen and oxygen atoms in total. The summed E-state index contributed by atoms with van der Waals surface area (Å²) >= 11 is 0. The highest BCUT2D eigenvalue weighted by atomic mass is 16.1. The van der Waals surface area contributed by atoms with Gasteiger partial charge in [-0.1, -0.05) is 12.8 Å². The van der Waals surface area contributed by atoms with E-state index in [-0.39, 0.29) is 5.92 Å². The van der Waals surface area contributed by atoms with E-state index in [0.29, 0.717) is 5.78 Å². The number of ketones is 1. The Morgan fingerprint density at radius 1 is 1.43 bits per heavy atom. The molecule has 1 fully saturated rings. The van der Waals surface area contributed by atoms with Gasteiger partial charge in [-0.25, -0.2) is 0 Å². The summed E-state index contributed by atoms with van der Waals surface area (Å²) in [5.74, 6) is 0.754. The van der Waals surface area contributed by atoms with Gasteiger partial charge in [-0.3, -0.25) is 4.79 Å². The molecule has 0 unspecified atom stereocenters. The second-order valence-corrected chi connectivity index (χ2v) is 4.21. The van der Waals surface area contributed by atoms with Crippen LogP contribution >= 0.6 is 0 Å². The predicted octanol–water partition coefficient (Wildman–Crippen LogP) is 1.47. The van der Waals surface area contributed by atoms with Crippen molar-refractivity contribution >= 4 is 5.78 Å². The van der Waals surface area contributed by atoms with Gasteiger partial charge in [0.1, 0.15) is 5.78 Å². The zero-order valence-corrected chi connectivity index (χ0v) is 8.54. The molecule has 2 aliphatic rings. The van der Waals surface area contributed by atoms with E-state index in [1.54, 1.807) is 0 Å². The van der Waals surface area contributed by atoms with E-state index in [4.69, 9.17) is 0 Å². The Kier molecular flexibility index (Phi) is 3.07. The number of hydrogen-bond acceptors (Lipinski definition) is 3. The molecule has 1 N–H and O–H groups in total. The number of carbonyl (C=O) groups excluding carboxylic acids is 1. The minimum atomic E-state index is 0.280. The first-order chi connectivity index (χ1) is 6.86. The van der Waals surface area contributed by atoms with Crippen molar-refractivity contribution in [2.45, 2.75) is 32.1 Å². The normalized spacial score (nSPS) is 27.6. The highest BCUT2D eigenvalue weighted by molar-refractivity contribution is 5.81. The summed E-state index contributed by atoms with van der Waals surface area (Å²) in [6.07, 6.45) is 9.43. The SMILES string of the molecule is O=C1CCCCC[C@@H]1CN1C=CNC1. The number of carbonyl (C=O) groups is 1. The molecule has 1 saturated carbocycles. The highest BCUT2D eigenvalue weighted by Gasteiger charge is 2.22. The van der Waals surface area contributed by atoms with E-state index >= 15 is 0 Å². The molecule has 0 amide bonds. The summed E-state index contributed by atoms with van der Waals surface area (Å²) in [5, 5.41) is 3.13. The maximum Gasteiger partial charge on any atom is 0.137 e. The third-order valence-corrected chi connectivity index (χ3v) is 3.08. The third-order valence-electron chi connectivity index (χ3n) is 3.08. The summed E-state index contributed by atoms with van der Waals surface area (Å²) in [4.78, 5) is 13.9. The lowest BCUT2D eigenvalue weighted by Gasteiger charge is -2.20. The van der Waals surface area contributed by atoms with Gasteiger partial charge in [0.25, 0.3) is 0 Å². The molecular formula is C11H18N2O. The molecule has 0 bridgehead atoms. The van der Waals surface area contributed by atoms with Gasteiger partial charge in [0.05, 0.1) is 6.67 Å². The average molecular weight is 194 g/mol. The fourth-order valence-electron chi connectivity index (χ4n) is 2.21. The highest BCUT2D eigenvalue weighted by Crippen LogP contribution is 2.21. The van der Waals surface area contributed by atoms with Crippen molar-refractivity contribution < 1.29 is 4.79 Å². The van der Waals surface area contributed by atoms with Crippen molar-refractivity contribution in [3.05, 3.63) is 12.4 Å². The molecule has 0 aromatic heterocycles. The van der Waals surface area contributed by atoms with Crippen LogP contribution in [0.5, 0.6) is 0 Å². The Morgan fingerprint density at radius 3 is 3.14 bits per heavy atom. The van der Waals surface area contributed by atoms with Crippen molar-refractivity contribution in [3.8, 4) is 0 Å². The monoisotopic (exact) mass is 194 g/mol. The smallest absolute Gasteiger partial charge is 0.137 e. The largest absolute Gasteiger partial charge is 0.373 e. The summed E-state index contributed by atoms with van der Waals surface area (Å²) in [5.41, 5.74) is 0. The van der Waals surface area contributed by atoms with Crippen LogP contribution in [-0.2, 0) is 4.79 Å². The molecule has 1 aliphatic carbocycles. The summed E-state index contributed by atoms with van der Waals surface area (Å²) in [6, 6.07) is 0. The predicted molar refractivity (Wildman–Crippen MR) is 55.4 cm³/mol. The van der Waals surface area contributed by atoms with Crippen LogP contribution in [0.25, 0.3) is 0 Å². The summed E-state index contributed by atoms with van der Waals surface area (Å²) in [7, 11) is 0. The van der Waals surface area contributed by atoms with Gasteiger partial charge in [0, 0.05) is 31.3 Å². The van der Waals surface area contributed by atoms with Crippen molar-refractivity contribution in [1.82, 2.24) is 10.2 Å². The van der Waals surface area contributed by atoms with Crippen LogP contribution in [0.15, 0.2) is 12.4 Å². The van der Waals surface area contributed by atoms with Gasteiger partial charge in [0.15, 0.2) is 0 Å². The average Bonchev–Trinajstić information content (AvgIpc) is 2.60. The Hall–Kier alpha value is -0.990. The molecule has 14 heavy (non-hydrogen) atoms. The van der Waals surface area contributed by atoms with E-state index < -0.39 is 0 Å². The molecule has 1 heterocycles. The van der Waals surface area contributed by atoms with Gasteiger partial charge in [-0.15, -0.1) is 0 Å². The van der Waals surface area contributed by atoms with Crippen molar-refractivity contribution in [2.75, 3.05) is 13.2 Å². The molecule has 78 valence electrons. The quantitative estimate of drug-likeness (QED) is 0.676. The lowest BCUT2D eigenvalue weighted by Crippen LogP contribution is -2.30. The third kappa shape index (κ3) is 2.28. The van der Waals surface area contributed by atoms with Crippen LogP contribution in [-0.4, -0.2) is 23.9 Å². The van der Waals surface area contributed by atoms with Crippen LogP contribution in [0.1, 0.15) is 32.1 Å².